The van der Waals surface area contributed by atoms with Crippen molar-refractivity contribution in [3.8, 4) is 0 Å². The second-order valence-corrected chi connectivity index (χ2v) is 7.11. The van der Waals surface area contributed by atoms with Crippen LogP contribution in [0, 0.1) is 0 Å². The normalized spacial score (nSPS) is 19.5. The average molecular weight is 281 g/mol. The van der Waals surface area contributed by atoms with Gasteiger partial charge in [0.2, 0.25) is 0 Å². The summed E-state index contributed by atoms with van der Waals surface area (Å²) in [5, 5.41) is 0. The summed E-state index contributed by atoms with van der Waals surface area (Å²) in [5.74, 6) is 10.3. The van der Waals surface area contributed by atoms with E-state index in [1.165, 1.54) is 12.2 Å². The molecule has 0 aromatic carbocycles. The number of aromatic nitrogens is 2. The monoisotopic (exact) mass is 281 g/mol. The van der Waals surface area contributed by atoms with Crippen molar-refractivity contribution in [2.24, 2.45) is 5.84 Å². The molecule has 2 heterocycles. The Morgan fingerprint density at radius 1 is 1.42 bits per heavy atom. The fourth-order valence-electron chi connectivity index (χ4n) is 2.04. The van der Waals surface area contributed by atoms with E-state index in [0.717, 1.165) is 17.4 Å². The van der Waals surface area contributed by atoms with E-state index >= 15 is 0 Å². The van der Waals surface area contributed by atoms with Crippen molar-refractivity contribution >= 4 is 23.4 Å². The number of thioether (sulfide) groups is 1. The van der Waals surface area contributed by atoms with Crippen molar-refractivity contribution in [3.63, 3.8) is 0 Å². The number of hydrazine groups is 1. The highest BCUT2D eigenvalue weighted by Crippen LogP contribution is 2.28. The zero-order valence-corrected chi connectivity index (χ0v) is 12.9. The largest absolute Gasteiger partial charge is 0.356 e. The summed E-state index contributed by atoms with van der Waals surface area (Å²) in [6, 6.07) is 2.47. The van der Waals surface area contributed by atoms with Gasteiger partial charge in [0, 0.05) is 30.3 Å². The number of nitrogens with two attached hydrogens (primary N) is 1. The molecule has 1 aromatic rings. The Kier molecular flexibility index (Phi) is 4.20. The third kappa shape index (κ3) is 3.30. The van der Waals surface area contributed by atoms with E-state index in [9.17, 15) is 0 Å². The van der Waals surface area contributed by atoms with Gasteiger partial charge in [-0.2, -0.15) is 11.8 Å². The Balaban J connectivity index is 2.33. The summed E-state index contributed by atoms with van der Waals surface area (Å²) in [5.41, 5.74) is 2.55. The lowest BCUT2D eigenvalue weighted by Crippen LogP contribution is -2.33. The molecule has 19 heavy (non-hydrogen) atoms. The van der Waals surface area contributed by atoms with Gasteiger partial charge in [0.15, 0.2) is 0 Å². The number of nitrogens with one attached hydrogen (secondary N) is 1. The second-order valence-electron chi connectivity index (χ2n) is 5.96. The van der Waals surface area contributed by atoms with Crippen LogP contribution in [-0.2, 0) is 5.41 Å². The van der Waals surface area contributed by atoms with Gasteiger partial charge in [-0.15, -0.1) is 0 Å². The quantitative estimate of drug-likeness (QED) is 0.652. The summed E-state index contributed by atoms with van der Waals surface area (Å²) in [4.78, 5) is 11.4. The van der Waals surface area contributed by atoms with Crippen LogP contribution in [0.25, 0.3) is 0 Å². The zero-order valence-electron chi connectivity index (χ0n) is 12.1. The number of nitrogens with zero attached hydrogens (tertiary/aromatic N) is 3. The maximum atomic E-state index is 5.52. The van der Waals surface area contributed by atoms with Crippen LogP contribution in [0.2, 0.25) is 0 Å². The topological polar surface area (TPSA) is 67.1 Å². The van der Waals surface area contributed by atoms with Gasteiger partial charge in [-0.05, 0) is 12.2 Å². The SMILES string of the molecule is CN(c1cc(NN)nc(C(C)(C)C)n1)C1CCSC1. The van der Waals surface area contributed by atoms with Gasteiger partial charge in [-0.3, -0.25) is 0 Å². The van der Waals surface area contributed by atoms with E-state index in [1.54, 1.807) is 0 Å². The van der Waals surface area contributed by atoms with Gasteiger partial charge >= 0.3 is 0 Å². The molecular formula is C13H23N5S. The van der Waals surface area contributed by atoms with Crippen molar-refractivity contribution < 1.29 is 0 Å². The lowest BCUT2D eigenvalue weighted by molar-refractivity contribution is 0.543. The zero-order chi connectivity index (χ0) is 14.0. The molecule has 1 aliphatic rings. The summed E-state index contributed by atoms with van der Waals surface area (Å²) in [6.45, 7) is 6.33. The van der Waals surface area contributed by atoms with Gasteiger partial charge in [-0.25, -0.2) is 15.8 Å². The molecule has 0 amide bonds. The number of anilines is 2. The third-order valence-electron chi connectivity index (χ3n) is 3.35. The Morgan fingerprint density at radius 2 is 2.16 bits per heavy atom. The molecule has 1 unspecified atom stereocenters. The number of hydrogen-bond acceptors (Lipinski definition) is 6. The number of nitrogen functional groups attached to an aromatic ring is 1. The average Bonchev–Trinajstić information content (AvgIpc) is 2.90. The van der Waals surface area contributed by atoms with Gasteiger partial charge < -0.3 is 10.3 Å². The van der Waals surface area contributed by atoms with Crippen LogP contribution < -0.4 is 16.2 Å². The van der Waals surface area contributed by atoms with Crippen LogP contribution in [-0.4, -0.2) is 34.6 Å². The Hall–Kier alpha value is -1.01. The van der Waals surface area contributed by atoms with Crippen LogP contribution in [0.4, 0.5) is 11.6 Å². The van der Waals surface area contributed by atoms with Crippen LogP contribution in [0.15, 0.2) is 6.07 Å². The van der Waals surface area contributed by atoms with Crippen LogP contribution >= 0.6 is 11.8 Å². The lowest BCUT2D eigenvalue weighted by atomic mass is 9.96. The Morgan fingerprint density at radius 3 is 2.68 bits per heavy atom. The van der Waals surface area contributed by atoms with Gasteiger partial charge in [0.05, 0.1) is 0 Å². The first-order valence-corrected chi connectivity index (χ1v) is 7.74. The molecule has 1 aliphatic heterocycles. The molecule has 0 radical (unpaired) electrons. The Labute approximate surface area is 119 Å². The van der Waals surface area contributed by atoms with Crippen LogP contribution in [0.1, 0.15) is 33.0 Å². The molecule has 1 atom stereocenters. The predicted octanol–water partition coefficient (Wildman–Crippen LogP) is 2.00. The van der Waals surface area contributed by atoms with Gasteiger partial charge in [-0.1, -0.05) is 20.8 Å². The minimum Gasteiger partial charge on any atom is -0.356 e. The summed E-state index contributed by atoms with van der Waals surface area (Å²) < 4.78 is 0. The van der Waals surface area contributed by atoms with Gasteiger partial charge in [0.1, 0.15) is 17.5 Å². The number of hydrogen-bond donors (Lipinski definition) is 2. The van der Waals surface area contributed by atoms with Crippen molar-refractivity contribution in [3.05, 3.63) is 11.9 Å². The van der Waals surface area contributed by atoms with Gasteiger partial charge in [0.25, 0.3) is 0 Å². The molecule has 0 bridgehead atoms. The first-order chi connectivity index (χ1) is 8.91. The second kappa shape index (κ2) is 5.54. The molecule has 1 fully saturated rings. The molecule has 5 nitrogen and oxygen atoms in total. The Bertz CT molecular complexity index is 437. The highest BCUT2D eigenvalue weighted by Gasteiger charge is 2.24. The summed E-state index contributed by atoms with van der Waals surface area (Å²) in [6.07, 6.45) is 1.21. The molecule has 1 aromatic heterocycles. The predicted molar refractivity (Wildman–Crippen MR) is 82.7 cm³/mol. The van der Waals surface area contributed by atoms with Crippen molar-refractivity contribution in [2.45, 2.75) is 38.6 Å². The smallest absolute Gasteiger partial charge is 0.145 e. The van der Waals surface area contributed by atoms with E-state index in [2.05, 4.69) is 43.1 Å². The maximum absolute atomic E-state index is 5.52. The fourth-order valence-corrected chi connectivity index (χ4v) is 3.31. The third-order valence-corrected chi connectivity index (χ3v) is 4.49. The van der Waals surface area contributed by atoms with E-state index < -0.39 is 0 Å². The molecule has 6 heteroatoms. The first kappa shape index (κ1) is 14.4. The molecule has 3 N–H and O–H groups in total. The van der Waals surface area contributed by atoms with E-state index in [4.69, 9.17) is 10.8 Å². The van der Waals surface area contributed by atoms with Crippen molar-refractivity contribution in [1.29, 1.82) is 0 Å². The molecular weight excluding hydrogens is 258 g/mol. The van der Waals surface area contributed by atoms with E-state index in [1.807, 2.05) is 17.8 Å². The molecule has 2 rings (SSSR count). The van der Waals surface area contributed by atoms with Crippen LogP contribution in [0.3, 0.4) is 0 Å². The molecule has 0 aliphatic carbocycles. The summed E-state index contributed by atoms with van der Waals surface area (Å²) >= 11 is 2.00. The first-order valence-electron chi connectivity index (χ1n) is 6.58. The highest BCUT2D eigenvalue weighted by atomic mass is 32.2. The molecule has 1 saturated heterocycles. The maximum Gasteiger partial charge on any atom is 0.145 e. The molecule has 106 valence electrons. The van der Waals surface area contributed by atoms with Crippen molar-refractivity contribution in [1.82, 2.24) is 9.97 Å². The highest BCUT2D eigenvalue weighted by molar-refractivity contribution is 7.99. The minimum atomic E-state index is -0.0904. The number of rotatable bonds is 3. The van der Waals surface area contributed by atoms with E-state index in [0.29, 0.717) is 11.9 Å². The molecule has 0 spiro atoms. The standard InChI is InChI=1S/C13H23N5S/c1-13(2,3)12-15-10(17-14)7-11(16-12)18(4)9-5-6-19-8-9/h7,9H,5-6,8,14H2,1-4H3,(H,15,16,17). The van der Waals surface area contributed by atoms with Crippen LogP contribution in [0.5, 0.6) is 0 Å². The van der Waals surface area contributed by atoms with Crippen molar-refractivity contribution in [2.75, 3.05) is 28.9 Å². The van der Waals surface area contributed by atoms with E-state index in [-0.39, 0.29) is 5.41 Å². The lowest BCUT2D eigenvalue weighted by Gasteiger charge is -2.27. The molecule has 0 saturated carbocycles. The fraction of sp³-hybridized carbons (Fsp3) is 0.692. The minimum absolute atomic E-state index is 0.0904. The summed E-state index contributed by atoms with van der Waals surface area (Å²) in [7, 11) is 2.10.